The van der Waals surface area contributed by atoms with Crippen molar-refractivity contribution in [1.82, 2.24) is 4.72 Å². The molecule has 1 fully saturated rings. The molecule has 1 aromatic rings. The summed E-state index contributed by atoms with van der Waals surface area (Å²) in [5.41, 5.74) is 0. The molecule has 2 rings (SSSR count). The number of sulfonamides is 1. The predicted molar refractivity (Wildman–Crippen MR) is 63.7 cm³/mol. The number of carboxylic acids is 1. The van der Waals surface area contributed by atoms with E-state index in [1.165, 1.54) is 11.4 Å². The fraction of sp³-hybridized carbons (Fsp3) is 0.500. The summed E-state index contributed by atoms with van der Waals surface area (Å²) in [4.78, 5) is 10.7. The molecule has 7 heteroatoms. The zero-order chi connectivity index (χ0) is 12.6. The molecule has 0 bridgehead atoms. The Morgan fingerprint density at radius 2 is 2.29 bits per heavy atom. The quantitative estimate of drug-likeness (QED) is 0.850. The van der Waals surface area contributed by atoms with Gasteiger partial charge in [0.05, 0.1) is 4.90 Å². The Morgan fingerprint density at radius 1 is 1.65 bits per heavy atom. The van der Waals surface area contributed by atoms with E-state index in [4.69, 9.17) is 5.11 Å². The van der Waals surface area contributed by atoms with Gasteiger partial charge in [-0.05, 0) is 24.3 Å². The lowest BCUT2D eigenvalue weighted by Gasteiger charge is -2.03. The molecule has 2 N–H and O–H groups in total. The molecule has 0 unspecified atom stereocenters. The van der Waals surface area contributed by atoms with E-state index in [-0.39, 0.29) is 9.77 Å². The third-order valence-electron chi connectivity index (χ3n) is 2.91. The van der Waals surface area contributed by atoms with Crippen LogP contribution in [-0.4, -0.2) is 26.0 Å². The van der Waals surface area contributed by atoms with Crippen LogP contribution in [0.25, 0.3) is 0 Å². The minimum absolute atomic E-state index is 0.0326. The highest BCUT2D eigenvalue weighted by Gasteiger charge is 2.33. The van der Waals surface area contributed by atoms with Crippen LogP contribution >= 0.6 is 11.3 Å². The molecule has 0 saturated heterocycles. The van der Waals surface area contributed by atoms with Crippen LogP contribution in [0.1, 0.15) is 23.0 Å². The van der Waals surface area contributed by atoms with E-state index in [1.54, 1.807) is 0 Å². The van der Waals surface area contributed by atoms with Crippen LogP contribution in [0.15, 0.2) is 16.3 Å². The Kier molecular flexibility index (Phi) is 3.24. The van der Waals surface area contributed by atoms with Crippen LogP contribution in [-0.2, 0) is 10.0 Å². The smallest absolute Gasteiger partial charge is 0.345 e. The first-order valence-corrected chi connectivity index (χ1v) is 7.58. The van der Waals surface area contributed by atoms with Crippen molar-refractivity contribution in [2.45, 2.75) is 18.2 Å². The molecule has 0 aliphatic heterocycles. The molecule has 1 heterocycles. The van der Waals surface area contributed by atoms with Gasteiger partial charge < -0.3 is 5.11 Å². The predicted octanol–water partition coefficient (Wildman–Crippen LogP) is 1.38. The van der Waals surface area contributed by atoms with Crippen molar-refractivity contribution < 1.29 is 18.3 Å². The molecule has 0 aromatic carbocycles. The Hall–Kier alpha value is -0.920. The lowest BCUT2D eigenvalue weighted by atomic mass is 10.3. The van der Waals surface area contributed by atoms with Gasteiger partial charge in [0.2, 0.25) is 10.0 Å². The lowest BCUT2D eigenvalue weighted by Crippen LogP contribution is -2.25. The summed E-state index contributed by atoms with van der Waals surface area (Å²) < 4.78 is 26.1. The average Bonchev–Trinajstić information content (AvgIpc) is 2.78. The molecule has 1 aliphatic rings. The van der Waals surface area contributed by atoms with Gasteiger partial charge in [0.25, 0.3) is 0 Å². The van der Waals surface area contributed by atoms with Crippen molar-refractivity contribution in [3.8, 4) is 0 Å². The maximum Gasteiger partial charge on any atom is 0.345 e. The van der Waals surface area contributed by atoms with Crippen molar-refractivity contribution in [3.63, 3.8) is 0 Å². The van der Waals surface area contributed by atoms with Crippen LogP contribution in [0.3, 0.4) is 0 Å². The first-order chi connectivity index (χ1) is 7.90. The SMILES string of the molecule is C[C@@H]1C[C@@H]1CNS(=O)(=O)c1csc(C(=O)O)c1. The summed E-state index contributed by atoms with van der Waals surface area (Å²) in [6.45, 7) is 2.51. The fourth-order valence-corrected chi connectivity index (χ4v) is 3.76. The van der Waals surface area contributed by atoms with Crippen molar-refractivity contribution in [2.75, 3.05) is 6.54 Å². The number of thiophene rings is 1. The Bertz CT molecular complexity index is 534. The van der Waals surface area contributed by atoms with E-state index < -0.39 is 16.0 Å². The van der Waals surface area contributed by atoms with E-state index in [1.807, 2.05) is 0 Å². The third kappa shape index (κ3) is 2.85. The minimum atomic E-state index is -3.55. The highest BCUT2D eigenvalue weighted by Crippen LogP contribution is 2.37. The van der Waals surface area contributed by atoms with E-state index in [2.05, 4.69) is 11.6 Å². The zero-order valence-electron chi connectivity index (χ0n) is 9.21. The Morgan fingerprint density at radius 3 is 2.76 bits per heavy atom. The third-order valence-corrected chi connectivity index (χ3v) is 5.38. The van der Waals surface area contributed by atoms with Gasteiger partial charge in [-0.25, -0.2) is 17.9 Å². The van der Waals surface area contributed by atoms with Crippen molar-refractivity contribution in [3.05, 3.63) is 16.3 Å². The molecule has 5 nitrogen and oxygen atoms in total. The molecule has 2 atom stereocenters. The van der Waals surface area contributed by atoms with E-state index in [0.717, 1.165) is 17.8 Å². The molecule has 1 saturated carbocycles. The van der Waals surface area contributed by atoms with E-state index in [0.29, 0.717) is 18.4 Å². The first kappa shape index (κ1) is 12.5. The van der Waals surface area contributed by atoms with Gasteiger partial charge in [-0.15, -0.1) is 11.3 Å². The second-order valence-electron chi connectivity index (χ2n) is 4.28. The fourth-order valence-electron chi connectivity index (χ4n) is 1.56. The van der Waals surface area contributed by atoms with Gasteiger partial charge in [0, 0.05) is 11.9 Å². The Balaban J connectivity index is 2.05. The number of carboxylic acid groups (broad SMARTS) is 1. The standard InChI is InChI=1S/C10H13NO4S2/c1-6-2-7(6)4-11-17(14,15)8-3-9(10(12)13)16-5-8/h3,5-7,11H,2,4H2,1H3,(H,12,13)/t6-,7-/m1/s1. The van der Waals surface area contributed by atoms with Gasteiger partial charge >= 0.3 is 5.97 Å². The van der Waals surface area contributed by atoms with Crippen LogP contribution in [0.4, 0.5) is 0 Å². The number of aromatic carboxylic acids is 1. The van der Waals surface area contributed by atoms with E-state index in [9.17, 15) is 13.2 Å². The van der Waals surface area contributed by atoms with Gasteiger partial charge in [-0.1, -0.05) is 6.92 Å². The summed E-state index contributed by atoms with van der Waals surface area (Å²) >= 11 is 0.916. The van der Waals surface area contributed by atoms with Crippen molar-refractivity contribution >= 4 is 27.3 Å². The monoisotopic (exact) mass is 275 g/mol. The highest BCUT2D eigenvalue weighted by atomic mass is 32.2. The van der Waals surface area contributed by atoms with Crippen LogP contribution < -0.4 is 4.72 Å². The maximum atomic E-state index is 11.8. The molecular formula is C10H13NO4S2. The number of nitrogens with one attached hydrogen (secondary N) is 1. The Labute approximate surface area is 104 Å². The van der Waals surface area contributed by atoms with Crippen molar-refractivity contribution in [1.29, 1.82) is 0 Å². The molecule has 1 aromatic heterocycles. The second-order valence-corrected chi connectivity index (χ2v) is 6.95. The topological polar surface area (TPSA) is 83.5 Å². The number of rotatable bonds is 5. The number of hydrogen-bond acceptors (Lipinski definition) is 4. The average molecular weight is 275 g/mol. The largest absolute Gasteiger partial charge is 0.477 e. The number of hydrogen-bond donors (Lipinski definition) is 2. The molecule has 17 heavy (non-hydrogen) atoms. The first-order valence-electron chi connectivity index (χ1n) is 5.21. The molecule has 0 spiro atoms. The van der Waals surface area contributed by atoms with Crippen LogP contribution in [0, 0.1) is 11.8 Å². The lowest BCUT2D eigenvalue weighted by molar-refractivity contribution is 0.0702. The molecule has 1 aliphatic carbocycles. The zero-order valence-corrected chi connectivity index (χ0v) is 10.8. The van der Waals surface area contributed by atoms with Crippen LogP contribution in [0.2, 0.25) is 0 Å². The van der Waals surface area contributed by atoms with Gasteiger partial charge in [-0.3, -0.25) is 0 Å². The molecule has 0 radical (unpaired) electrons. The summed E-state index contributed by atoms with van der Waals surface area (Å²) in [6.07, 6.45) is 1.05. The summed E-state index contributed by atoms with van der Waals surface area (Å²) in [6, 6.07) is 1.19. The summed E-state index contributed by atoms with van der Waals surface area (Å²) in [7, 11) is -3.55. The van der Waals surface area contributed by atoms with Gasteiger partial charge in [0.1, 0.15) is 4.88 Å². The summed E-state index contributed by atoms with van der Waals surface area (Å²) in [5.74, 6) is -0.107. The highest BCUT2D eigenvalue weighted by molar-refractivity contribution is 7.89. The second kappa shape index (κ2) is 4.40. The molecular weight excluding hydrogens is 262 g/mol. The normalized spacial score (nSPS) is 23.6. The van der Waals surface area contributed by atoms with Crippen molar-refractivity contribution in [2.24, 2.45) is 11.8 Å². The van der Waals surface area contributed by atoms with Gasteiger partial charge in [0.15, 0.2) is 0 Å². The molecule has 0 amide bonds. The van der Waals surface area contributed by atoms with Gasteiger partial charge in [-0.2, -0.15) is 0 Å². The van der Waals surface area contributed by atoms with E-state index >= 15 is 0 Å². The number of carbonyl (C=O) groups is 1. The van der Waals surface area contributed by atoms with Crippen LogP contribution in [0.5, 0.6) is 0 Å². The maximum absolute atomic E-state index is 11.8. The minimum Gasteiger partial charge on any atom is -0.477 e. The summed E-state index contributed by atoms with van der Waals surface area (Å²) in [5, 5.41) is 10.1. The molecule has 94 valence electrons.